The fourth-order valence-electron chi connectivity index (χ4n) is 4.28. The molecule has 3 heterocycles. The van der Waals surface area contributed by atoms with Crippen LogP contribution in [0.1, 0.15) is 10.4 Å². The van der Waals surface area contributed by atoms with Gasteiger partial charge in [-0.2, -0.15) is 0 Å². The van der Waals surface area contributed by atoms with Crippen LogP contribution in [0.4, 0.5) is 23.1 Å². The number of methoxy groups -OCH3 is 1. The maximum atomic E-state index is 13.3. The number of nitrogens with one attached hydrogen (secondary N) is 1. The van der Waals surface area contributed by atoms with Crippen molar-refractivity contribution in [1.82, 2.24) is 15.0 Å². The first-order chi connectivity index (χ1) is 17.5. The number of ether oxygens (including phenoxy) is 1. The standard InChI is InChI=1S/C25H23N7O4/c1-36-22-8-7-17(32(34)35)15-21(22)29-24(33)20-16-28-23(19-6-3-2-5-18(19)20)30-11-13-31(14-12-30)25-26-9-4-10-27-25/h2-10,15-16H,11-14H2,1H3,(H,29,33). The van der Waals surface area contributed by atoms with Gasteiger partial charge >= 0.3 is 0 Å². The second kappa shape index (κ2) is 9.82. The third-order valence-corrected chi connectivity index (χ3v) is 6.07. The number of non-ortho nitro benzene ring substituents is 1. The number of aromatic nitrogens is 3. The molecule has 1 aliphatic rings. The molecule has 5 rings (SSSR count). The number of nitro benzene ring substituents is 1. The number of benzene rings is 2. The Morgan fingerprint density at radius 3 is 2.36 bits per heavy atom. The summed E-state index contributed by atoms with van der Waals surface area (Å²) in [5.74, 6) is 1.39. The third-order valence-electron chi connectivity index (χ3n) is 6.07. The monoisotopic (exact) mass is 485 g/mol. The number of anilines is 3. The first-order valence-corrected chi connectivity index (χ1v) is 11.3. The van der Waals surface area contributed by atoms with E-state index in [1.54, 1.807) is 24.7 Å². The molecule has 11 heteroatoms. The topological polar surface area (TPSA) is 127 Å². The largest absolute Gasteiger partial charge is 0.495 e. The van der Waals surface area contributed by atoms with Gasteiger partial charge in [-0.05, 0) is 17.5 Å². The zero-order valence-electron chi connectivity index (χ0n) is 19.5. The summed E-state index contributed by atoms with van der Waals surface area (Å²) in [6, 6.07) is 13.4. The average Bonchev–Trinajstić information content (AvgIpc) is 2.93. The maximum absolute atomic E-state index is 13.3. The van der Waals surface area contributed by atoms with E-state index < -0.39 is 10.8 Å². The van der Waals surface area contributed by atoms with Gasteiger partial charge in [0, 0.05) is 62.3 Å². The molecular weight excluding hydrogens is 462 g/mol. The van der Waals surface area contributed by atoms with Crippen LogP contribution in [-0.2, 0) is 0 Å². The normalized spacial score (nSPS) is 13.5. The Morgan fingerprint density at radius 1 is 0.972 bits per heavy atom. The van der Waals surface area contributed by atoms with Crippen LogP contribution in [0.5, 0.6) is 5.75 Å². The minimum atomic E-state index is -0.523. The molecule has 1 saturated heterocycles. The summed E-state index contributed by atoms with van der Waals surface area (Å²) in [7, 11) is 1.44. The molecule has 1 amide bonds. The molecule has 0 spiro atoms. The highest BCUT2D eigenvalue weighted by Crippen LogP contribution is 2.32. The molecule has 1 N–H and O–H groups in total. The van der Waals surface area contributed by atoms with E-state index in [2.05, 4.69) is 30.1 Å². The van der Waals surface area contributed by atoms with Gasteiger partial charge in [-0.15, -0.1) is 0 Å². The molecule has 0 aliphatic carbocycles. The summed E-state index contributed by atoms with van der Waals surface area (Å²) in [4.78, 5) is 41.6. The minimum Gasteiger partial charge on any atom is -0.495 e. The molecular formula is C25H23N7O4. The summed E-state index contributed by atoms with van der Waals surface area (Å²) in [5, 5.41) is 15.5. The number of hydrogen-bond donors (Lipinski definition) is 1. The van der Waals surface area contributed by atoms with Gasteiger partial charge in [-0.1, -0.05) is 24.3 Å². The molecule has 0 unspecified atom stereocenters. The van der Waals surface area contributed by atoms with E-state index in [4.69, 9.17) is 4.74 Å². The van der Waals surface area contributed by atoms with E-state index in [9.17, 15) is 14.9 Å². The quantitative estimate of drug-likeness (QED) is 0.322. The second-order valence-corrected chi connectivity index (χ2v) is 8.16. The Hall–Kier alpha value is -4.80. The Morgan fingerprint density at radius 2 is 1.67 bits per heavy atom. The lowest BCUT2D eigenvalue weighted by Crippen LogP contribution is -2.47. The zero-order chi connectivity index (χ0) is 25.1. The van der Waals surface area contributed by atoms with Crippen molar-refractivity contribution in [3.63, 3.8) is 0 Å². The minimum absolute atomic E-state index is 0.149. The molecule has 1 fully saturated rings. The Kier molecular flexibility index (Phi) is 6.27. The van der Waals surface area contributed by atoms with Crippen molar-refractivity contribution in [3.05, 3.63) is 82.8 Å². The molecule has 1 aliphatic heterocycles. The van der Waals surface area contributed by atoms with Crippen LogP contribution in [0.25, 0.3) is 10.8 Å². The van der Waals surface area contributed by atoms with Gasteiger partial charge in [0.15, 0.2) is 0 Å². The number of carbonyl (C=O) groups is 1. The number of amides is 1. The molecule has 182 valence electrons. The van der Waals surface area contributed by atoms with E-state index in [1.165, 1.54) is 25.3 Å². The van der Waals surface area contributed by atoms with Crippen molar-refractivity contribution in [2.75, 3.05) is 48.4 Å². The van der Waals surface area contributed by atoms with E-state index in [1.807, 2.05) is 24.3 Å². The van der Waals surface area contributed by atoms with Crippen molar-refractivity contribution < 1.29 is 14.5 Å². The predicted octanol–water partition coefficient (Wildman–Crippen LogP) is 3.52. The summed E-state index contributed by atoms with van der Waals surface area (Å²) in [6.07, 6.45) is 5.01. The highest BCUT2D eigenvalue weighted by atomic mass is 16.6. The van der Waals surface area contributed by atoms with Gasteiger partial charge in [0.25, 0.3) is 11.6 Å². The molecule has 0 atom stereocenters. The molecule has 0 bridgehead atoms. The van der Waals surface area contributed by atoms with Crippen molar-refractivity contribution in [1.29, 1.82) is 0 Å². The molecule has 2 aromatic carbocycles. The summed E-state index contributed by atoms with van der Waals surface area (Å²) in [6.45, 7) is 2.95. The molecule has 36 heavy (non-hydrogen) atoms. The second-order valence-electron chi connectivity index (χ2n) is 8.16. The number of hydrogen-bond acceptors (Lipinski definition) is 9. The van der Waals surface area contributed by atoms with Crippen molar-refractivity contribution >= 4 is 39.8 Å². The van der Waals surface area contributed by atoms with E-state index in [0.717, 1.165) is 42.8 Å². The number of rotatable bonds is 6. The zero-order valence-corrected chi connectivity index (χ0v) is 19.5. The van der Waals surface area contributed by atoms with Crippen LogP contribution >= 0.6 is 0 Å². The SMILES string of the molecule is COc1ccc([N+](=O)[O-])cc1NC(=O)c1cnc(N2CCN(c3ncccn3)CC2)c2ccccc12. The van der Waals surface area contributed by atoms with E-state index >= 15 is 0 Å². The number of nitro groups is 1. The smallest absolute Gasteiger partial charge is 0.271 e. The highest BCUT2D eigenvalue weighted by Gasteiger charge is 2.23. The van der Waals surface area contributed by atoms with Crippen LogP contribution in [0.3, 0.4) is 0 Å². The highest BCUT2D eigenvalue weighted by molar-refractivity contribution is 6.14. The van der Waals surface area contributed by atoms with Gasteiger partial charge in [-0.3, -0.25) is 14.9 Å². The molecule has 0 saturated carbocycles. The first-order valence-electron chi connectivity index (χ1n) is 11.3. The molecule has 0 radical (unpaired) electrons. The maximum Gasteiger partial charge on any atom is 0.271 e. The van der Waals surface area contributed by atoms with Crippen LogP contribution in [0.2, 0.25) is 0 Å². The third kappa shape index (κ3) is 4.45. The lowest BCUT2D eigenvalue weighted by atomic mass is 10.1. The molecule has 2 aromatic heterocycles. The number of nitrogens with zero attached hydrogens (tertiary/aromatic N) is 6. The number of fused-ring (bicyclic) bond motifs is 1. The number of pyridine rings is 1. The first kappa shape index (κ1) is 23.0. The fourth-order valence-corrected chi connectivity index (χ4v) is 4.28. The van der Waals surface area contributed by atoms with E-state index in [0.29, 0.717) is 17.3 Å². The Labute approximate surface area is 206 Å². The Bertz CT molecular complexity index is 1420. The van der Waals surface area contributed by atoms with Gasteiger partial charge in [0.2, 0.25) is 5.95 Å². The summed E-state index contributed by atoms with van der Waals surface area (Å²) >= 11 is 0. The van der Waals surface area contributed by atoms with Crippen LogP contribution in [0, 0.1) is 10.1 Å². The predicted molar refractivity (Wildman–Crippen MR) is 136 cm³/mol. The van der Waals surface area contributed by atoms with Crippen LogP contribution in [0.15, 0.2) is 67.1 Å². The number of piperazine rings is 1. The van der Waals surface area contributed by atoms with Gasteiger partial charge < -0.3 is 19.9 Å². The lowest BCUT2D eigenvalue weighted by molar-refractivity contribution is -0.384. The summed E-state index contributed by atoms with van der Waals surface area (Å²) < 4.78 is 5.27. The summed E-state index contributed by atoms with van der Waals surface area (Å²) in [5.41, 5.74) is 0.424. The molecule has 4 aromatic rings. The van der Waals surface area contributed by atoms with Crippen molar-refractivity contribution in [2.45, 2.75) is 0 Å². The van der Waals surface area contributed by atoms with Crippen LogP contribution < -0.4 is 19.9 Å². The van der Waals surface area contributed by atoms with Crippen molar-refractivity contribution in [2.24, 2.45) is 0 Å². The van der Waals surface area contributed by atoms with Gasteiger partial charge in [0.1, 0.15) is 11.6 Å². The van der Waals surface area contributed by atoms with E-state index in [-0.39, 0.29) is 11.4 Å². The lowest BCUT2D eigenvalue weighted by Gasteiger charge is -2.35. The molecule has 11 nitrogen and oxygen atoms in total. The van der Waals surface area contributed by atoms with Gasteiger partial charge in [-0.25, -0.2) is 15.0 Å². The average molecular weight is 486 g/mol. The van der Waals surface area contributed by atoms with Crippen molar-refractivity contribution in [3.8, 4) is 5.75 Å². The fraction of sp³-hybridized carbons (Fsp3) is 0.200. The number of carbonyl (C=O) groups excluding carboxylic acids is 1. The van der Waals surface area contributed by atoms with Gasteiger partial charge in [0.05, 0.1) is 23.3 Å². The Balaban J connectivity index is 1.41. The van der Waals surface area contributed by atoms with Crippen LogP contribution in [-0.4, -0.2) is 59.1 Å².